The van der Waals surface area contributed by atoms with Crippen LogP contribution in [0.4, 0.5) is 5.69 Å². The number of rotatable bonds is 8. The Balaban J connectivity index is 1.90. The predicted octanol–water partition coefficient (Wildman–Crippen LogP) is 2.81. The number of esters is 1. The van der Waals surface area contributed by atoms with Crippen molar-refractivity contribution in [2.24, 2.45) is 0 Å². The molecule has 0 aliphatic heterocycles. The number of sulfonamides is 1. The number of nitrogens with zero attached hydrogens (tertiary/aromatic N) is 1. The molecule has 0 bridgehead atoms. The molecule has 0 radical (unpaired) electrons. The lowest BCUT2D eigenvalue weighted by Crippen LogP contribution is -2.24. The van der Waals surface area contributed by atoms with Crippen molar-refractivity contribution in [3.63, 3.8) is 0 Å². The number of hydrogen-bond acceptors (Lipinski definition) is 6. The first-order valence-electron chi connectivity index (χ1n) is 8.92. The average molecular weight is 419 g/mol. The molecule has 0 amide bonds. The van der Waals surface area contributed by atoms with Gasteiger partial charge in [0.2, 0.25) is 10.0 Å². The van der Waals surface area contributed by atoms with E-state index in [1.807, 2.05) is 32.9 Å². The molecule has 156 valence electrons. The quantitative estimate of drug-likeness (QED) is 0.483. The topological polar surface area (TPSA) is 90.0 Å². The maximum atomic E-state index is 12.2. The lowest BCUT2D eigenvalue weighted by atomic mass is 10.1. The van der Waals surface area contributed by atoms with Crippen LogP contribution in [0.15, 0.2) is 36.4 Å². The predicted molar refractivity (Wildman–Crippen MR) is 111 cm³/mol. The van der Waals surface area contributed by atoms with Crippen molar-refractivity contribution in [3.05, 3.63) is 58.7 Å². The zero-order chi connectivity index (χ0) is 21.8. The molecule has 2 aromatic rings. The SMILES string of the molecule is Cc1cc(C)c(OCC(=O)OCC(=O)c2ccc(N(C)S(C)(=O)=O)cc2)c(C)c1. The van der Waals surface area contributed by atoms with Gasteiger partial charge < -0.3 is 9.47 Å². The fourth-order valence-corrected chi connectivity index (χ4v) is 3.35. The Morgan fingerprint density at radius 3 is 2.03 bits per heavy atom. The van der Waals surface area contributed by atoms with Gasteiger partial charge in [0.15, 0.2) is 19.0 Å². The summed E-state index contributed by atoms with van der Waals surface area (Å²) in [5.74, 6) is -0.412. The third-order valence-corrected chi connectivity index (χ3v) is 5.56. The van der Waals surface area contributed by atoms with Gasteiger partial charge in [-0.05, 0) is 56.2 Å². The van der Waals surface area contributed by atoms with Crippen LogP contribution >= 0.6 is 0 Å². The van der Waals surface area contributed by atoms with Crippen LogP contribution in [0.5, 0.6) is 5.75 Å². The Labute approximate surface area is 171 Å². The first-order valence-corrected chi connectivity index (χ1v) is 10.8. The van der Waals surface area contributed by atoms with E-state index in [0.29, 0.717) is 17.0 Å². The van der Waals surface area contributed by atoms with Gasteiger partial charge in [-0.25, -0.2) is 13.2 Å². The number of anilines is 1. The summed E-state index contributed by atoms with van der Waals surface area (Å²) in [5.41, 5.74) is 3.69. The second-order valence-corrected chi connectivity index (χ2v) is 8.89. The Kier molecular flexibility index (Phi) is 7.02. The number of Topliss-reactive ketones (excluding diaryl/α,β-unsaturated/α-hetero) is 1. The van der Waals surface area contributed by atoms with Crippen LogP contribution in [-0.4, -0.2) is 46.7 Å². The molecule has 0 N–H and O–H groups in total. The van der Waals surface area contributed by atoms with E-state index in [0.717, 1.165) is 27.3 Å². The molecule has 7 nitrogen and oxygen atoms in total. The second kappa shape index (κ2) is 9.09. The Morgan fingerprint density at radius 2 is 1.52 bits per heavy atom. The van der Waals surface area contributed by atoms with E-state index in [2.05, 4.69) is 0 Å². The van der Waals surface area contributed by atoms with E-state index in [4.69, 9.17) is 9.47 Å². The minimum absolute atomic E-state index is 0.296. The van der Waals surface area contributed by atoms with Gasteiger partial charge in [0.25, 0.3) is 0 Å². The Morgan fingerprint density at radius 1 is 0.966 bits per heavy atom. The van der Waals surface area contributed by atoms with Crippen LogP contribution < -0.4 is 9.04 Å². The number of aryl methyl sites for hydroxylation is 3. The number of benzene rings is 2. The first-order chi connectivity index (χ1) is 13.5. The highest BCUT2D eigenvalue weighted by atomic mass is 32.2. The molecule has 0 aliphatic rings. The van der Waals surface area contributed by atoms with Crippen molar-refractivity contribution in [2.45, 2.75) is 20.8 Å². The molecule has 0 atom stereocenters. The number of hydrogen-bond donors (Lipinski definition) is 0. The molecular weight excluding hydrogens is 394 g/mol. The van der Waals surface area contributed by atoms with E-state index >= 15 is 0 Å². The molecule has 0 fully saturated rings. The molecule has 2 rings (SSSR count). The van der Waals surface area contributed by atoms with Gasteiger partial charge in [-0.3, -0.25) is 9.10 Å². The largest absolute Gasteiger partial charge is 0.481 e. The molecular formula is C21H25NO6S. The maximum Gasteiger partial charge on any atom is 0.344 e. The summed E-state index contributed by atoms with van der Waals surface area (Å²) in [6.07, 6.45) is 1.09. The minimum atomic E-state index is -3.38. The van der Waals surface area contributed by atoms with Crippen LogP contribution in [0.1, 0.15) is 27.0 Å². The number of carbonyl (C=O) groups is 2. The van der Waals surface area contributed by atoms with Gasteiger partial charge >= 0.3 is 5.97 Å². The average Bonchev–Trinajstić information content (AvgIpc) is 2.64. The third-order valence-electron chi connectivity index (χ3n) is 4.35. The van der Waals surface area contributed by atoms with Crippen molar-refractivity contribution in [1.82, 2.24) is 0 Å². The first kappa shape index (κ1) is 22.4. The van der Waals surface area contributed by atoms with Gasteiger partial charge in [-0.15, -0.1) is 0 Å². The molecule has 0 aliphatic carbocycles. The van der Waals surface area contributed by atoms with Crippen LogP contribution in [0.25, 0.3) is 0 Å². The third kappa shape index (κ3) is 6.05. The Hall–Kier alpha value is -2.87. The van der Waals surface area contributed by atoms with Gasteiger partial charge in [0.1, 0.15) is 5.75 Å². The van der Waals surface area contributed by atoms with Gasteiger partial charge in [0, 0.05) is 12.6 Å². The normalized spacial score (nSPS) is 11.1. The summed E-state index contributed by atoms with van der Waals surface area (Å²) < 4.78 is 34.7. The van der Waals surface area contributed by atoms with E-state index in [-0.39, 0.29) is 6.61 Å². The van der Waals surface area contributed by atoms with E-state index in [1.165, 1.54) is 31.3 Å². The molecule has 29 heavy (non-hydrogen) atoms. The van der Waals surface area contributed by atoms with Crippen molar-refractivity contribution < 1.29 is 27.5 Å². The molecule has 0 saturated carbocycles. The fourth-order valence-electron chi connectivity index (χ4n) is 2.85. The number of ketones is 1. The van der Waals surface area contributed by atoms with Crippen LogP contribution in [0.2, 0.25) is 0 Å². The lowest BCUT2D eigenvalue weighted by molar-refractivity contribution is -0.144. The standard InChI is InChI=1S/C21H25NO6S/c1-14-10-15(2)21(16(3)11-14)28-13-20(24)27-12-19(23)17-6-8-18(9-7-17)22(4)29(5,25)26/h6-11H,12-13H2,1-5H3. The molecule has 0 aromatic heterocycles. The molecule has 0 saturated heterocycles. The number of carbonyl (C=O) groups excluding carboxylic acids is 2. The van der Waals surface area contributed by atoms with E-state index < -0.39 is 28.4 Å². The monoisotopic (exact) mass is 419 g/mol. The summed E-state index contributed by atoms with van der Waals surface area (Å²) >= 11 is 0. The smallest absolute Gasteiger partial charge is 0.344 e. The summed E-state index contributed by atoms with van der Waals surface area (Å²) in [7, 11) is -1.96. The lowest BCUT2D eigenvalue weighted by Gasteiger charge is -2.16. The van der Waals surface area contributed by atoms with E-state index in [1.54, 1.807) is 0 Å². The highest BCUT2D eigenvalue weighted by molar-refractivity contribution is 7.92. The van der Waals surface area contributed by atoms with Crippen molar-refractivity contribution >= 4 is 27.5 Å². The highest BCUT2D eigenvalue weighted by Gasteiger charge is 2.15. The summed E-state index contributed by atoms with van der Waals surface area (Å²) in [4.78, 5) is 24.1. The Bertz CT molecular complexity index is 989. The summed E-state index contributed by atoms with van der Waals surface area (Å²) in [5, 5.41) is 0. The molecule has 8 heteroatoms. The van der Waals surface area contributed by atoms with Crippen LogP contribution in [-0.2, 0) is 19.6 Å². The van der Waals surface area contributed by atoms with Crippen molar-refractivity contribution in [1.29, 1.82) is 0 Å². The molecule has 2 aromatic carbocycles. The number of ether oxygens (including phenoxy) is 2. The zero-order valence-electron chi connectivity index (χ0n) is 17.2. The highest BCUT2D eigenvalue weighted by Crippen LogP contribution is 2.24. The minimum Gasteiger partial charge on any atom is -0.481 e. The zero-order valence-corrected chi connectivity index (χ0v) is 18.0. The molecule has 0 spiro atoms. The van der Waals surface area contributed by atoms with Crippen molar-refractivity contribution in [3.8, 4) is 5.75 Å². The van der Waals surface area contributed by atoms with Crippen LogP contribution in [0.3, 0.4) is 0 Å². The second-order valence-electron chi connectivity index (χ2n) is 6.88. The van der Waals surface area contributed by atoms with E-state index in [9.17, 15) is 18.0 Å². The van der Waals surface area contributed by atoms with Crippen LogP contribution in [0, 0.1) is 20.8 Å². The fraction of sp³-hybridized carbons (Fsp3) is 0.333. The summed E-state index contributed by atoms with van der Waals surface area (Å²) in [6.45, 7) is 5.06. The molecule has 0 heterocycles. The van der Waals surface area contributed by atoms with Gasteiger partial charge in [0.05, 0.1) is 11.9 Å². The van der Waals surface area contributed by atoms with Crippen molar-refractivity contribution in [2.75, 3.05) is 30.8 Å². The summed E-state index contributed by atoms with van der Waals surface area (Å²) in [6, 6.07) is 9.93. The van der Waals surface area contributed by atoms with Gasteiger partial charge in [-0.1, -0.05) is 17.7 Å². The van der Waals surface area contributed by atoms with Gasteiger partial charge in [-0.2, -0.15) is 0 Å². The maximum absolute atomic E-state index is 12.2. The molecule has 0 unspecified atom stereocenters.